The lowest BCUT2D eigenvalue weighted by molar-refractivity contribution is -0.142. The van der Waals surface area contributed by atoms with E-state index in [9.17, 15) is 32.7 Å². The lowest BCUT2D eigenvalue weighted by atomic mass is 9.88. The van der Waals surface area contributed by atoms with E-state index in [1.54, 1.807) is 46.3 Å². The zero-order chi connectivity index (χ0) is 39.7. The van der Waals surface area contributed by atoms with Crippen LogP contribution in [0.4, 0.5) is 4.79 Å². The first-order chi connectivity index (χ1) is 26.1. The van der Waals surface area contributed by atoms with Gasteiger partial charge in [0.1, 0.15) is 41.8 Å². The number of methoxy groups -OCH3 is 2. The molecule has 4 aliphatic rings. The summed E-state index contributed by atoms with van der Waals surface area (Å²) in [7, 11) is -0.910. The third kappa shape index (κ3) is 8.47. The molecule has 2 aliphatic carbocycles. The van der Waals surface area contributed by atoms with E-state index >= 15 is 0 Å². The van der Waals surface area contributed by atoms with Gasteiger partial charge in [-0.05, 0) is 75.5 Å². The minimum absolute atomic E-state index is 0.0257. The number of sulfonamides is 1. The molecule has 17 heteroatoms. The third-order valence-electron chi connectivity index (χ3n) is 11.4. The van der Waals surface area contributed by atoms with Crippen LogP contribution in [0.25, 0.3) is 10.8 Å². The van der Waals surface area contributed by atoms with Crippen LogP contribution in [0.15, 0.2) is 36.5 Å². The Kier molecular flexibility index (Phi) is 11.5. The van der Waals surface area contributed by atoms with Crippen molar-refractivity contribution in [3.63, 3.8) is 0 Å². The molecular formula is C38H51N5O11S. The summed E-state index contributed by atoms with van der Waals surface area (Å²) < 4.78 is 50.4. The Balaban J connectivity index is 1.34. The highest BCUT2D eigenvalue weighted by molar-refractivity contribution is 7.91. The van der Waals surface area contributed by atoms with Gasteiger partial charge in [-0.15, -0.1) is 0 Å². The van der Waals surface area contributed by atoms with Crippen LogP contribution >= 0.6 is 0 Å². The van der Waals surface area contributed by atoms with Crippen molar-refractivity contribution < 1.29 is 51.6 Å². The SMILES string of the molecule is COCCOc1cnc(O[C@@H]2C[C@H]3C(=O)N[C@]4(C(=O)NS(=O)(=O)C5(C)CC5)C[C@H]4/C=C\CC[C@H](C)C[C@@H](C)[C@H](NC(=O)O)C(=O)N3C2)c2ccc(OC)cc12. The molecule has 55 heavy (non-hydrogen) atoms. The Morgan fingerprint density at radius 1 is 1.11 bits per heavy atom. The van der Waals surface area contributed by atoms with E-state index in [0.717, 1.165) is 6.42 Å². The Morgan fingerprint density at radius 3 is 2.56 bits per heavy atom. The molecule has 4 N–H and O–H groups in total. The molecule has 3 heterocycles. The summed E-state index contributed by atoms with van der Waals surface area (Å²) in [6, 6.07) is 2.91. The number of fused-ring (bicyclic) bond motifs is 3. The number of hydrogen-bond donors (Lipinski definition) is 4. The number of nitrogens with zero attached hydrogens (tertiary/aromatic N) is 2. The van der Waals surface area contributed by atoms with Crippen molar-refractivity contribution in [3.8, 4) is 17.4 Å². The lowest BCUT2D eigenvalue weighted by Crippen LogP contribution is -2.59. The van der Waals surface area contributed by atoms with Gasteiger partial charge < -0.3 is 39.6 Å². The lowest BCUT2D eigenvalue weighted by Gasteiger charge is -2.32. The van der Waals surface area contributed by atoms with E-state index in [1.807, 2.05) is 19.1 Å². The number of allylic oxidation sites excluding steroid dienone is 1. The Bertz CT molecular complexity index is 1950. The molecular weight excluding hydrogens is 735 g/mol. The van der Waals surface area contributed by atoms with E-state index in [1.165, 1.54) is 11.1 Å². The van der Waals surface area contributed by atoms with Gasteiger partial charge in [0.2, 0.25) is 27.7 Å². The molecule has 7 atom stereocenters. The molecule has 0 radical (unpaired) electrons. The molecule has 6 rings (SSSR count). The zero-order valence-electron chi connectivity index (χ0n) is 31.8. The van der Waals surface area contributed by atoms with Crippen molar-refractivity contribution in [1.82, 2.24) is 25.2 Å². The van der Waals surface area contributed by atoms with Gasteiger partial charge in [-0.1, -0.05) is 26.0 Å². The average Bonchev–Trinajstić information content (AvgIpc) is 4.02. The monoisotopic (exact) mass is 785 g/mol. The van der Waals surface area contributed by atoms with Crippen LogP contribution in [0.2, 0.25) is 0 Å². The molecule has 16 nitrogen and oxygen atoms in total. The number of amides is 4. The maximum Gasteiger partial charge on any atom is 0.405 e. The molecule has 2 aromatic rings. The fraction of sp³-hybridized carbons (Fsp3) is 0.605. The largest absolute Gasteiger partial charge is 0.497 e. The molecule has 1 saturated heterocycles. The molecule has 4 amide bonds. The second-order valence-electron chi connectivity index (χ2n) is 15.6. The minimum atomic E-state index is -4.02. The van der Waals surface area contributed by atoms with Crippen molar-refractivity contribution in [1.29, 1.82) is 0 Å². The number of rotatable bonds is 11. The molecule has 1 aromatic heterocycles. The highest BCUT2D eigenvalue weighted by Crippen LogP contribution is 2.48. The molecule has 0 unspecified atom stereocenters. The fourth-order valence-corrected chi connectivity index (χ4v) is 8.94. The number of carboxylic acid groups (broad SMARTS) is 1. The summed E-state index contributed by atoms with van der Waals surface area (Å²) in [6.45, 7) is 5.92. The molecule has 2 aliphatic heterocycles. The topological polar surface area (TPSA) is 212 Å². The third-order valence-corrected chi connectivity index (χ3v) is 13.5. The first kappa shape index (κ1) is 40.0. The van der Waals surface area contributed by atoms with Crippen LogP contribution in [0.5, 0.6) is 17.4 Å². The molecule has 1 aromatic carbocycles. The molecule has 2 saturated carbocycles. The summed E-state index contributed by atoms with van der Waals surface area (Å²) in [6.07, 6.45) is 5.98. The van der Waals surface area contributed by atoms with Crippen molar-refractivity contribution >= 4 is 44.6 Å². The quantitative estimate of drug-likeness (QED) is 0.191. The first-order valence-corrected chi connectivity index (χ1v) is 20.2. The van der Waals surface area contributed by atoms with Crippen LogP contribution in [0.3, 0.4) is 0 Å². The standard InChI is InChI=1S/C38H51N5O11S/c1-22-8-6-7-9-24-19-38(24,35(46)42-55(49,50)37(3)12-13-37)41-32(44)29-18-26(21-43(29)34(45)31(23(2)16-22)40-36(47)48)54-33-27-11-10-25(52-5)17-28(27)30(20-39-33)53-15-14-51-4/h7,9-11,17,20,22-24,26,29,31,40H,6,8,12-16,18-19,21H2,1-5H3,(H,41,44)(H,42,46)(H,47,48)/b9-7-/t22-,23+,24+,26+,29-,31-,38+/m0/s1. The van der Waals surface area contributed by atoms with Gasteiger partial charge in [-0.2, -0.15) is 0 Å². The van der Waals surface area contributed by atoms with Gasteiger partial charge in [0.15, 0.2) is 0 Å². The van der Waals surface area contributed by atoms with Gasteiger partial charge in [-0.25, -0.2) is 18.2 Å². The van der Waals surface area contributed by atoms with Gasteiger partial charge >= 0.3 is 6.09 Å². The van der Waals surface area contributed by atoms with E-state index < -0.39 is 74.1 Å². The summed E-state index contributed by atoms with van der Waals surface area (Å²) in [5.74, 6) is -1.68. The van der Waals surface area contributed by atoms with Crippen LogP contribution in [0, 0.1) is 17.8 Å². The second kappa shape index (κ2) is 15.8. The summed E-state index contributed by atoms with van der Waals surface area (Å²) in [5, 5.41) is 16.3. The van der Waals surface area contributed by atoms with E-state index in [-0.39, 0.29) is 37.8 Å². The second-order valence-corrected chi connectivity index (χ2v) is 17.8. The van der Waals surface area contributed by atoms with Crippen LogP contribution in [-0.4, -0.2) is 110 Å². The number of benzene rings is 1. The summed E-state index contributed by atoms with van der Waals surface area (Å²) >= 11 is 0. The van der Waals surface area contributed by atoms with Gasteiger partial charge in [0.05, 0.1) is 31.2 Å². The van der Waals surface area contributed by atoms with Crippen LogP contribution in [-0.2, 0) is 29.1 Å². The smallest absolute Gasteiger partial charge is 0.405 e. The highest BCUT2D eigenvalue weighted by Gasteiger charge is 2.63. The molecule has 300 valence electrons. The number of carbonyl (C=O) groups excluding carboxylic acids is 3. The minimum Gasteiger partial charge on any atom is -0.497 e. The van der Waals surface area contributed by atoms with Crippen LogP contribution in [0.1, 0.15) is 65.7 Å². The normalized spacial score (nSPS) is 29.7. The van der Waals surface area contributed by atoms with Gasteiger partial charge in [-0.3, -0.25) is 19.1 Å². The van der Waals surface area contributed by atoms with Crippen molar-refractivity contribution in [2.75, 3.05) is 34.0 Å². The average molecular weight is 786 g/mol. The number of aromatic nitrogens is 1. The van der Waals surface area contributed by atoms with Crippen molar-refractivity contribution in [3.05, 3.63) is 36.5 Å². The van der Waals surface area contributed by atoms with Crippen molar-refractivity contribution in [2.45, 2.75) is 94.2 Å². The Labute approximate surface area is 320 Å². The molecule has 3 fully saturated rings. The van der Waals surface area contributed by atoms with E-state index in [4.69, 9.17) is 18.9 Å². The predicted molar refractivity (Wildman–Crippen MR) is 200 cm³/mol. The Hall–Kier alpha value is -4.64. The molecule has 0 spiro atoms. The summed E-state index contributed by atoms with van der Waals surface area (Å²) in [5.41, 5.74) is -1.56. The zero-order valence-corrected chi connectivity index (χ0v) is 32.6. The Morgan fingerprint density at radius 2 is 1.87 bits per heavy atom. The number of nitrogens with one attached hydrogen (secondary N) is 3. The predicted octanol–water partition coefficient (Wildman–Crippen LogP) is 3.14. The number of ether oxygens (including phenoxy) is 4. The van der Waals surface area contributed by atoms with E-state index in [0.29, 0.717) is 54.6 Å². The number of pyridine rings is 1. The van der Waals surface area contributed by atoms with E-state index in [2.05, 4.69) is 20.3 Å². The van der Waals surface area contributed by atoms with Crippen molar-refractivity contribution in [2.24, 2.45) is 17.8 Å². The van der Waals surface area contributed by atoms with Gasteiger partial charge in [0, 0.05) is 30.2 Å². The van der Waals surface area contributed by atoms with Gasteiger partial charge in [0.25, 0.3) is 5.91 Å². The number of carbonyl (C=O) groups is 4. The highest BCUT2D eigenvalue weighted by atomic mass is 32.2. The number of hydrogen-bond acceptors (Lipinski definition) is 11. The summed E-state index contributed by atoms with van der Waals surface area (Å²) in [4.78, 5) is 60.6. The first-order valence-electron chi connectivity index (χ1n) is 18.7. The maximum atomic E-state index is 14.5. The maximum absolute atomic E-state index is 14.5. The van der Waals surface area contributed by atoms with Crippen LogP contribution < -0.4 is 29.6 Å². The molecule has 0 bridgehead atoms. The fourth-order valence-electron chi connectivity index (χ4n) is 7.63.